The molecule has 0 aliphatic rings. The average Bonchev–Trinajstić information content (AvgIpc) is 1.80. The zero-order chi connectivity index (χ0) is 85.9. The molecule has 0 fully saturated rings. The highest BCUT2D eigenvalue weighted by Crippen LogP contribution is 2.20. The number of aryl methyl sites for hydroxylation is 12. The van der Waals surface area contributed by atoms with Gasteiger partial charge in [0.15, 0.2) is 0 Å². The molecule has 0 bridgehead atoms. The number of hydrogen-bond acceptors (Lipinski definition) is 12. The van der Waals surface area contributed by atoms with Crippen LogP contribution in [0.3, 0.4) is 0 Å². The molecule has 0 aliphatic heterocycles. The van der Waals surface area contributed by atoms with Crippen molar-refractivity contribution in [3.63, 3.8) is 0 Å². The molecule has 116 heavy (non-hydrogen) atoms. The topological polar surface area (TPSA) is 184 Å². The SMILES string of the molecule is CC(C)CCCCCCn1nncc1CCCC(C)C.CC(C)CCCCCCn1nncc1CCCC(C)C.CC(C)CCCCCc1cn(CCCC(C)C)nn1.CC(C)CCCCCc1cn(CCCC(C)C)nn1.CC(C)CCCCc1cn(CCCCC(C)C)nn1.CC(C)CCCCc1cn(CCCCC(C)C)nn1. The summed E-state index contributed by atoms with van der Waals surface area (Å²) >= 11 is 0. The molecule has 18 nitrogen and oxygen atoms in total. The fourth-order valence-electron chi connectivity index (χ4n) is 14.1. The van der Waals surface area contributed by atoms with Gasteiger partial charge in [0, 0.05) is 64.1 Å². The third kappa shape index (κ3) is 67.6. The molecule has 672 valence electrons. The van der Waals surface area contributed by atoms with Crippen LogP contribution >= 0.6 is 0 Å². The summed E-state index contributed by atoms with van der Waals surface area (Å²) in [4.78, 5) is 0. The molecule has 0 aliphatic carbocycles. The van der Waals surface area contributed by atoms with Crippen molar-refractivity contribution < 1.29 is 0 Å². The standard InChI is InChI=1S/2C17H33N3.4C16H31N3/c2*1-15(2)10-7-5-6-8-13-20-17(14-18-19-20)12-9-11-16(3)4;2*1-14(2)9-5-6-11-16-13-19(18-17-16)12-8-7-10-15(3)4;2*1-14(2)9-6-5-7-11-16-13-19(18-17-16)12-8-10-15(3)4/h2*14-16H,5-13H2,1-4H3;4*13-15H,5-12H2,1-4H3. The molecule has 0 saturated heterocycles. The highest BCUT2D eigenvalue weighted by molar-refractivity contribution is 4.97. The van der Waals surface area contributed by atoms with E-state index in [9.17, 15) is 0 Å². The lowest BCUT2D eigenvalue weighted by atomic mass is 10.0. The Kier molecular flexibility index (Phi) is 67.2. The summed E-state index contributed by atoms with van der Waals surface area (Å²) in [7, 11) is 0. The second-order valence-electron chi connectivity index (χ2n) is 39.7. The van der Waals surface area contributed by atoms with Gasteiger partial charge in [-0.2, -0.15) is 0 Å². The molecule has 6 aromatic rings. The van der Waals surface area contributed by atoms with Crippen molar-refractivity contribution in [3.8, 4) is 0 Å². The normalized spacial score (nSPS) is 11.7. The van der Waals surface area contributed by atoms with Crippen LogP contribution in [0.5, 0.6) is 0 Å². The van der Waals surface area contributed by atoms with Crippen LogP contribution in [-0.2, 0) is 77.8 Å². The monoisotopic (exact) mass is 1620 g/mol. The van der Waals surface area contributed by atoms with E-state index >= 15 is 0 Å². The number of unbranched alkanes of at least 4 members (excludes halogenated alkanes) is 14. The first-order valence-electron chi connectivity index (χ1n) is 48.8. The lowest BCUT2D eigenvalue weighted by Gasteiger charge is -2.08. The van der Waals surface area contributed by atoms with Gasteiger partial charge < -0.3 is 0 Å². The van der Waals surface area contributed by atoms with Crippen molar-refractivity contribution >= 4 is 0 Å². The van der Waals surface area contributed by atoms with Gasteiger partial charge in [-0.3, -0.25) is 18.7 Å². The van der Waals surface area contributed by atoms with Crippen LogP contribution in [0.4, 0.5) is 0 Å². The van der Waals surface area contributed by atoms with Crippen LogP contribution in [0.15, 0.2) is 37.2 Å². The van der Waals surface area contributed by atoms with Crippen LogP contribution < -0.4 is 0 Å². The zero-order valence-electron chi connectivity index (χ0n) is 80.8. The lowest BCUT2D eigenvalue weighted by molar-refractivity contribution is 0.476. The molecule has 0 saturated carbocycles. The summed E-state index contributed by atoms with van der Waals surface area (Å²) in [5, 5.41) is 50.5. The Hall–Kier alpha value is -5.16. The second kappa shape index (κ2) is 71.6. The first-order chi connectivity index (χ1) is 55.5. The van der Waals surface area contributed by atoms with Gasteiger partial charge in [-0.25, -0.2) is 9.36 Å². The van der Waals surface area contributed by atoms with E-state index in [4.69, 9.17) is 0 Å². The number of nitrogens with zero attached hydrogens (tertiary/aromatic N) is 18. The van der Waals surface area contributed by atoms with E-state index in [0.717, 1.165) is 172 Å². The van der Waals surface area contributed by atoms with Gasteiger partial charge >= 0.3 is 0 Å². The molecule has 0 N–H and O–H groups in total. The van der Waals surface area contributed by atoms with Gasteiger partial charge in [0.1, 0.15) is 0 Å². The van der Waals surface area contributed by atoms with Crippen LogP contribution in [0.25, 0.3) is 0 Å². The molecular formula is C98H190N18. The van der Waals surface area contributed by atoms with E-state index in [1.54, 1.807) is 0 Å². The predicted octanol–water partition coefficient (Wildman–Crippen LogP) is 27.6. The van der Waals surface area contributed by atoms with Crippen molar-refractivity contribution in [3.05, 3.63) is 71.3 Å². The average molecular weight is 1620 g/mol. The Morgan fingerprint density at radius 2 is 0.379 bits per heavy atom. The molecule has 6 aromatic heterocycles. The lowest BCUT2D eigenvalue weighted by Crippen LogP contribution is -2.06. The van der Waals surface area contributed by atoms with Gasteiger partial charge in [0.05, 0.1) is 46.6 Å². The number of rotatable bonds is 62. The van der Waals surface area contributed by atoms with Gasteiger partial charge in [-0.05, 0) is 199 Å². The largest absolute Gasteiger partial charge is 0.252 e. The summed E-state index contributed by atoms with van der Waals surface area (Å²) in [5.74, 6) is 9.76. The third-order valence-electron chi connectivity index (χ3n) is 21.5. The maximum absolute atomic E-state index is 4.26. The predicted molar refractivity (Wildman–Crippen MR) is 496 cm³/mol. The molecule has 0 atom stereocenters. The summed E-state index contributed by atoms with van der Waals surface area (Å²) in [6, 6.07) is 0. The molecule has 0 unspecified atom stereocenters. The van der Waals surface area contributed by atoms with Gasteiger partial charge in [0.2, 0.25) is 0 Å². The Labute approximate surface area is 716 Å². The molecule has 6 heterocycles. The highest BCUT2D eigenvalue weighted by Gasteiger charge is 2.11. The molecule has 0 amide bonds. The van der Waals surface area contributed by atoms with Crippen LogP contribution in [0.2, 0.25) is 0 Å². The van der Waals surface area contributed by atoms with Crippen molar-refractivity contribution in [1.82, 2.24) is 90.0 Å². The van der Waals surface area contributed by atoms with Crippen molar-refractivity contribution in [1.29, 1.82) is 0 Å². The Bertz CT molecular complexity index is 2770. The van der Waals surface area contributed by atoms with E-state index in [2.05, 4.69) is 262 Å². The summed E-state index contributed by atoms with van der Waals surface area (Å²) in [6.45, 7) is 61.0. The quantitative estimate of drug-likeness (QED) is 0.0330. The van der Waals surface area contributed by atoms with E-state index in [-0.39, 0.29) is 0 Å². The minimum Gasteiger partial charge on any atom is -0.252 e. The Morgan fingerprint density at radius 3 is 0.638 bits per heavy atom. The second-order valence-corrected chi connectivity index (χ2v) is 39.7. The Balaban J connectivity index is 0.000000696. The van der Waals surface area contributed by atoms with Gasteiger partial charge in [-0.1, -0.05) is 352 Å². The van der Waals surface area contributed by atoms with Crippen molar-refractivity contribution in [2.75, 3.05) is 0 Å². The Morgan fingerprint density at radius 1 is 0.190 bits per heavy atom. The maximum Gasteiger partial charge on any atom is 0.0827 e. The third-order valence-corrected chi connectivity index (χ3v) is 21.5. The smallest absolute Gasteiger partial charge is 0.0827 e. The maximum atomic E-state index is 4.26. The minimum absolute atomic E-state index is 0.781. The zero-order valence-corrected chi connectivity index (χ0v) is 80.8. The van der Waals surface area contributed by atoms with E-state index in [1.807, 2.05) is 31.1 Å². The van der Waals surface area contributed by atoms with E-state index in [0.29, 0.717) is 0 Å². The molecular weight excluding hydrogens is 1430 g/mol. The van der Waals surface area contributed by atoms with Crippen LogP contribution in [0.1, 0.15) is 444 Å². The van der Waals surface area contributed by atoms with Gasteiger partial charge in [0.25, 0.3) is 0 Å². The molecule has 18 heteroatoms. The van der Waals surface area contributed by atoms with Crippen LogP contribution in [0, 0.1) is 71.0 Å². The molecule has 0 aromatic carbocycles. The number of aromatic nitrogens is 18. The highest BCUT2D eigenvalue weighted by atomic mass is 15.4. The molecule has 0 spiro atoms. The molecule has 6 rings (SSSR count). The van der Waals surface area contributed by atoms with E-state index < -0.39 is 0 Å². The van der Waals surface area contributed by atoms with Crippen molar-refractivity contribution in [2.45, 2.75) is 488 Å². The van der Waals surface area contributed by atoms with Gasteiger partial charge in [-0.15, -0.1) is 30.6 Å². The fraction of sp³-hybridized carbons (Fsp3) is 0.878. The van der Waals surface area contributed by atoms with Crippen molar-refractivity contribution in [2.24, 2.45) is 71.0 Å². The fourth-order valence-corrected chi connectivity index (χ4v) is 14.1. The number of hydrogen-bond donors (Lipinski definition) is 0. The summed E-state index contributed by atoms with van der Waals surface area (Å²) in [5.41, 5.74) is 7.27. The summed E-state index contributed by atoms with van der Waals surface area (Å²) < 4.78 is 12.3. The first kappa shape index (κ1) is 109. The van der Waals surface area contributed by atoms with E-state index in [1.165, 1.54) is 255 Å². The first-order valence-corrected chi connectivity index (χ1v) is 48.8. The summed E-state index contributed by atoms with van der Waals surface area (Å²) in [6.07, 6.45) is 68.2. The van der Waals surface area contributed by atoms with Crippen LogP contribution in [-0.4, -0.2) is 90.0 Å². The minimum atomic E-state index is 0.781. The molecule has 0 radical (unpaired) electrons.